The van der Waals surface area contributed by atoms with Crippen LogP contribution in [0.25, 0.3) is 0 Å². The maximum absolute atomic E-state index is 12.7. The first kappa shape index (κ1) is 20.0. The molecule has 150 valence electrons. The maximum Gasteiger partial charge on any atom is 0.255 e. The fraction of sp³-hybridized carbons (Fsp3) is 0.500. The van der Waals surface area contributed by atoms with Gasteiger partial charge in [-0.15, -0.1) is 0 Å². The molecule has 0 unspecified atom stereocenters. The number of ether oxygens (including phenoxy) is 2. The van der Waals surface area contributed by atoms with Crippen molar-refractivity contribution in [1.82, 2.24) is 19.9 Å². The number of piperazine rings is 1. The van der Waals surface area contributed by atoms with Gasteiger partial charge in [0.1, 0.15) is 6.61 Å². The molecule has 1 amide bonds. The normalized spacial score (nSPS) is 14.8. The zero-order chi connectivity index (χ0) is 20.0. The van der Waals surface area contributed by atoms with E-state index >= 15 is 0 Å². The lowest BCUT2D eigenvalue weighted by Crippen LogP contribution is -2.49. The van der Waals surface area contributed by atoms with Crippen LogP contribution in [-0.4, -0.2) is 70.8 Å². The van der Waals surface area contributed by atoms with Crippen molar-refractivity contribution in [2.75, 3.05) is 44.3 Å². The fourth-order valence-electron chi connectivity index (χ4n) is 2.83. The molecular formula is C20H27N5O3. The molecule has 0 radical (unpaired) electrons. The molecule has 0 N–H and O–H groups in total. The van der Waals surface area contributed by atoms with Crippen molar-refractivity contribution in [1.29, 1.82) is 0 Å². The Hall–Kier alpha value is -2.74. The molecule has 0 saturated carbocycles. The van der Waals surface area contributed by atoms with Crippen molar-refractivity contribution in [2.45, 2.75) is 26.4 Å². The van der Waals surface area contributed by atoms with E-state index in [-0.39, 0.29) is 11.5 Å². The van der Waals surface area contributed by atoms with E-state index in [9.17, 15) is 4.79 Å². The van der Waals surface area contributed by atoms with Crippen LogP contribution in [-0.2, 0) is 4.74 Å². The minimum atomic E-state index is -0.191. The van der Waals surface area contributed by atoms with Gasteiger partial charge < -0.3 is 19.3 Å². The van der Waals surface area contributed by atoms with E-state index in [4.69, 9.17) is 9.47 Å². The van der Waals surface area contributed by atoms with Crippen molar-refractivity contribution < 1.29 is 14.3 Å². The summed E-state index contributed by atoms with van der Waals surface area (Å²) in [4.78, 5) is 29.4. The van der Waals surface area contributed by atoms with Gasteiger partial charge in [-0.1, -0.05) is 0 Å². The Kier molecular flexibility index (Phi) is 6.41. The van der Waals surface area contributed by atoms with Crippen LogP contribution in [0.15, 0.2) is 36.8 Å². The fourth-order valence-corrected chi connectivity index (χ4v) is 2.83. The summed E-state index contributed by atoms with van der Waals surface area (Å²) in [5, 5.41) is 0. The summed E-state index contributed by atoms with van der Waals surface area (Å²) in [7, 11) is 0. The van der Waals surface area contributed by atoms with Crippen LogP contribution < -0.4 is 9.64 Å². The van der Waals surface area contributed by atoms with E-state index in [2.05, 4.69) is 19.9 Å². The maximum atomic E-state index is 12.7. The molecule has 2 aromatic rings. The molecule has 8 heteroatoms. The van der Waals surface area contributed by atoms with E-state index in [1.807, 2.05) is 25.7 Å². The lowest BCUT2D eigenvalue weighted by atomic mass is 10.2. The molecule has 3 heterocycles. The molecule has 0 aliphatic carbocycles. The van der Waals surface area contributed by atoms with Gasteiger partial charge in [-0.05, 0) is 32.9 Å². The summed E-state index contributed by atoms with van der Waals surface area (Å²) in [6, 6.07) is 5.27. The summed E-state index contributed by atoms with van der Waals surface area (Å²) in [5.74, 6) is 1.16. The van der Waals surface area contributed by atoms with Crippen LogP contribution in [0.5, 0.6) is 5.88 Å². The van der Waals surface area contributed by atoms with Crippen molar-refractivity contribution in [3.05, 3.63) is 42.4 Å². The van der Waals surface area contributed by atoms with Crippen LogP contribution in [0.3, 0.4) is 0 Å². The van der Waals surface area contributed by atoms with Crippen molar-refractivity contribution in [3.63, 3.8) is 0 Å². The van der Waals surface area contributed by atoms with E-state index < -0.39 is 0 Å². The van der Waals surface area contributed by atoms with Crippen LogP contribution in [0.4, 0.5) is 5.95 Å². The Labute approximate surface area is 165 Å². The monoisotopic (exact) mass is 385 g/mol. The molecule has 1 fully saturated rings. The Bertz CT molecular complexity index is 754. The molecule has 0 aromatic carbocycles. The highest BCUT2D eigenvalue weighted by molar-refractivity contribution is 5.94. The van der Waals surface area contributed by atoms with Crippen molar-refractivity contribution in [2.24, 2.45) is 0 Å². The third kappa shape index (κ3) is 5.63. The number of carbonyl (C=O) groups is 1. The SMILES string of the molecule is CC(C)(C)OCCOc1ccc(C(=O)N2CCN(c3ncccn3)CC2)cn1. The minimum absolute atomic E-state index is 0.0243. The lowest BCUT2D eigenvalue weighted by Gasteiger charge is -2.34. The van der Waals surface area contributed by atoms with Gasteiger partial charge >= 0.3 is 0 Å². The van der Waals surface area contributed by atoms with Crippen LogP contribution >= 0.6 is 0 Å². The highest BCUT2D eigenvalue weighted by Gasteiger charge is 2.23. The predicted molar refractivity (Wildman–Crippen MR) is 106 cm³/mol. The largest absolute Gasteiger partial charge is 0.475 e. The number of carbonyl (C=O) groups excluding carboxylic acids is 1. The van der Waals surface area contributed by atoms with Crippen molar-refractivity contribution >= 4 is 11.9 Å². The van der Waals surface area contributed by atoms with Gasteiger partial charge in [0.2, 0.25) is 11.8 Å². The van der Waals surface area contributed by atoms with Gasteiger partial charge in [0.15, 0.2) is 0 Å². The summed E-state index contributed by atoms with van der Waals surface area (Å²) >= 11 is 0. The van der Waals surface area contributed by atoms with Gasteiger partial charge in [-0.2, -0.15) is 0 Å². The molecular weight excluding hydrogens is 358 g/mol. The Morgan fingerprint density at radius 1 is 1.04 bits per heavy atom. The van der Waals surface area contributed by atoms with Gasteiger partial charge in [0, 0.05) is 50.8 Å². The first-order chi connectivity index (χ1) is 13.4. The molecule has 1 aliphatic rings. The van der Waals surface area contributed by atoms with Crippen LogP contribution in [0.2, 0.25) is 0 Å². The zero-order valence-electron chi connectivity index (χ0n) is 16.7. The number of amides is 1. The molecule has 0 bridgehead atoms. The summed E-state index contributed by atoms with van der Waals surface area (Å²) in [6.45, 7) is 9.56. The van der Waals surface area contributed by atoms with E-state index in [1.54, 1.807) is 36.8 Å². The van der Waals surface area contributed by atoms with E-state index in [0.717, 1.165) is 0 Å². The quantitative estimate of drug-likeness (QED) is 0.704. The second-order valence-electron chi connectivity index (χ2n) is 7.52. The number of nitrogens with zero attached hydrogens (tertiary/aromatic N) is 5. The van der Waals surface area contributed by atoms with Gasteiger partial charge in [0.05, 0.1) is 17.8 Å². The first-order valence-corrected chi connectivity index (χ1v) is 9.46. The van der Waals surface area contributed by atoms with Gasteiger partial charge in [-0.3, -0.25) is 4.79 Å². The third-order valence-corrected chi connectivity index (χ3v) is 4.25. The second kappa shape index (κ2) is 8.97. The predicted octanol–water partition coefficient (Wildman–Crippen LogP) is 2.03. The Morgan fingerprint density at radius 2 is 1.75 bits per heavy atom. The molecule has 1 saturated heterocycles. The third-order valence-electron chi connectivity index (χ3n) is 4.25. The van der Waals surface area contributed by atoms with Crippen molar-refractivity contribution in [3.8, 4) is 5.88 Å². The number of rotatable bonds is 6. The number of hydrogen-bond donors (Lipinski definition) is 0. The van der Waals surface area contributed by atoms with Gasteiger partial charge in [-0.25, -0.2) is 15.0 Å². The smallest absolute Gasteiger partial charge is 0.255 e. The van der Waals surface area contributed by atoms with Crippen LogP contribution in [0, 0.1) is 0 Å². The minimum Gasteiger partial charge on any atom is -0.475 e. The Morgan fingerprint density at radius 3 is 2.36 bits per heavy atom. The molecule has 3 rings (SSSR count). The zero-order valence-corrected chi connectivity index (χ0v) is 16.7. The number of pyridine rings is 1. The van der Waals surface area contributed by atoms with Gasteiger partial charge in [0.25, 0.3) is 5.91 Å². The first-order valence-electron chi connectivity index (χ1n) is 9.46. The second-order valence-corrected chi connectivity index (χ2v) is 7.52. The highest BCUT2D eigenvalue weighted by Crippen LogP contribution is 2.14. The number of aromatic nitrogens is 3. The molecule has 0 spiro atoms. The molecule has 8 nitrogen and oxygen atoms in total. The average Bonchev–Trinajstić information content (AvgIpc) is 2.71. The highest BCUT2D eigenvalue weighted by atomic mass is 16.5. The lowest BCUT2D eigenvalue weighted by molar-refractivity contribution is -0.0168. The summed E-state index contributed by atoms with van der Waals surface area (Å²) < 4.78 is 11.2. The molecule has 0 atom stereocenters. The van der Waals surface area contributed by atoms with Crippen LogP contribution in [0.1, 0.15) is 31.1 Å². The summed E-state index contributed by atoms with van der Waals surface area (Å²) in [6.07, 6.45) is 5.02. The number of anilines is 1. The van der Waals surface area contributed by atoms with E-state index in [1.165, 1.54) is 0 Å². The Balaban J connectivity index is 1.47. The molecule has 28 heavy (non-hydrogen) atoms. The number of hydrogen-bond acceptors (Lipinski definition) is 7. The topological polar surface area (TPSA) is 80.7 Å². The molecule has 1 aliphatic heterocycles. The molecule has 2 aromatic heterocycles. The summed E-state index contributed by atoms with van der Waals surface area (Å²) in [5.41, 5.74) is 0.367. The van der Waals surface area contributed by atoms with E-state index in [0.29, 0.717) is 56.8 Å². The average molecular weight is 385 g/mol. The standard InChI is InChI=1S/C20H27N5O3/c1-20(2,3)28-14-13-27-17-6-5-16(15-23-17)18(26)24-9-11-25(12-10-24)19-21-7-4-8-22-19/h4-8,15H,9-14H2,1-3H3.